The van der Waals surface area contributed by atoms with E-state index in [0.717, 1.165) is 41.0 Å². The van der Waals surface area contributed by atoms with E-state index in [1.165, 1.54) is 5.56 Å². The Balaban J connectivity index is 1.94. The van der Waals surface area contributed by atoms with Crippen LogP contribution in [0, 0.1) is 0 Å². The van der Waals surface area contributed by atoms with Crippen LogP contribution in [0.25, 0.3) is 0 Å². The van der Waals surface area contributed by atoms with Crippen LogP contribution in [-0.2, 0) is 12.8 Å². The third-order valence-corrected chi connectivity index (χ3v) is 3.74. The van der Waals surface area contributed by atoms with Gasteiger partial charge in [0.05, 0.1) is 0 Å². The van der Waals surface area contributed by atoms with Crippen LogP contribution in [0.2, 0.25) is 5.02 Å². The third-order valence-electron chi connectivity index (χ3n) is 2.52. The van der Waals surface area contributed by atoms with Crippen LogP contribution in [0.15, 0.2) is 24.3 Å². The van der Waals surface area contributed by atoms with Gasteiger partial charge in [-0.25, -0.2) is 0 Å². The van der Waals surface area contributed by atoms with Gasteiger partial charge < -0.3 is 5.32 Å². The zero-order chi connectivity index (χ0) is 12.8. The van der Waals surface area contributed by atoms with Gasteiger partial charge in [-0.2, -0.15) is 0 Å². The first-order valence-electron chi connectivity index (χ1n) is 6.04. The van der Waals surface area contributed by atoms with E-state index in [-0.39, 0.29) is 0 Å². The molecule has 0 fully saturated rings. The van der Waals surface area contributed by atoms with Crippen molar-refractivity contribution in [2.45, 2.75) is 19.8 Å². The molecule has 0 saturated heterocycles. The van der Waals surface area contributed by atoms with Crippen molar-refractivity contribution in [3.05, 3.63) is 44.9 Å². The van der Waals surface area contributed by atoms with Gasteiger partial charge in [0.25, 0.3) is 0 Å². The normalized spacial score (nSPS) is 10.8. The Kier molecular flexibility index (Phi) is 5.11. The molecule has 0 saturated carbocycles. The molecule has 2 aromatic rings. The third kappa shape index (κ3) is 4.05. The predicted molar refractivity (Wildman–Crippen MR) is 76.4 cm³/mol. The van der Waals surface area contributed by atoms with Crippen molar-refractivity contribution < 1.29 is 0 Å². The topological polar surface area (TPSA) is 37.8 Å². The van der Waals surface area contributed by atoms with Crippen LogP contribution in [-0.4, -0.2) is 23.3 Å². The highest BCUT2D eigenvalue weighted by atomic mass is 35.5. The average Bonchev–Trinajstić information content (AvgIpc) is 2.77. The minimum absolute atomic E-state index is 0.768. The fourth-order valence-electron chi connectivity index (χ4n) is 1.65. The van der Waals surface area contributed by atoms with Crippen LogP contribution in [0.4, 0.5) is 0 Å². The molecule has 0 radical (unpaired) electrons. The second-order valence-electron chi connectivity index (χ2n) is 4.00. The highest BCUT2D eigenvalue weighted by molar-refractivity contribution is 7.11. The van der Waals surface area contributed by atoms with Crippen molar-refractivity contribution in [3.63, 3.8) is 0 Å². The second kappa shape index (κ2) is 6.83. The molecule has 1 heterocycles. The fourth-order valence-corrected chi connectivity index (χ4v) is 2.75. The molecule has 0 bridgehead atoms. The molecular formula is C13H16ClN3S. The van der Waals surface area contributed by atoms with Crippen molar-refractivity contribution in [2.75, 3.05) is 13.1 Å². The zero-order valence-corrected chi connectivity index (χ0v) is 11.9. The Bertz CT molecular complexity index is 498. The minimum atomic E-state index is 0.768. The molecule has 0 aliphatic heterocycles. The quantitative estimate of drug-likeness (QED) is 0.828. The van der Waals surface area contributed by atoms with Gasteiger partial charge in [0.15, 0.2) is 0 Å². The van der Waals surface area contributed by atoms with E-state index in [1.807, 2.05) is 18.2 Å². The highest BCUT2D eigenvalue weighted by Gasteiger charge is 2.05. The van der Waals surface area contributed by atoms with Gasteiger partial charge in [0.1, 0.15) is 10.0 Å². The first-order valence-corrected chi connectivity index (χ1v) is 7.24. The van der Waals surface area contributed by atoms with Crippen LogP contribution >= 0.6 is 22.9 Å². The summed E-state index contributed by atoms with van der Waals surface area (Å²) in [5.41, 5.74) is 1.18. The lowest BCUT2D eigenvalue weighted by Crippen LogP contribution is -2.15. The maximum atomic E-state index is 5.96. The smallest absolute Gasteiger partial charge is 0.121 e. The lowest BCUT2D eigenvalue weighted by Gasteiger charge is -1.97. The molecule has 96 valence electrons. The van der Waals surface area contributed by atoms with Crippen molar-refractivity contribution >= 4 is 22.9 Å². The standard InChI is InChI=1S/C13H16ClN3S/c1-2-15-7-6-12-16-17-13(18-12)9-10-4-3-5-11(14)8-10/h3-5,8,15H,2,6-7,9H2,1H3. The van der Waals surface area contributed by atoms with E-state index in [4.69, 9.17) is 11.6 Å². The van der Waals surface area contributed by atoms with Crippen molar-refractivity contribution in [2.24, 2.45) is 0 Å². The molecule has 0 amide bonds. The molecule has 1 aromatic heterocycles. The van der Waals surface area contributed by atoms with E-state index in [1.54, 1.807) is 11.3 Å². The summed E-state index contributed by atoms with van der Waals surface area (Å²) in [5.74, 6) is 0. The van der Waals surface area contributed by atoms with Gasteiger partial charge in [0.2, 0.25) is 0 Å². The molecular weight excluding hydrogens is 266 g/mol. The van der Waals surface area contributed by atoms with Gasteiger partial charge in [-0.1, -0.05) is 30.7 Å². The summed E-state index contributed by atoms with van der Waals surface area (Å²) in [6, 6.07) is 7.88. The number of hydrogen-bond donors (Lipinski definition) is 1. The van der Waals surface area contributed by atoms with Crippen LogP contribution < -0.4 is 5.32 Å². The Morgan fingerprint density at radius 3 is 2.89 bits per heavy atom. The Morgan fingerprint density at radius 2 is 2.11 bits per heavy atom. The van der Waals surface area contributed by atoms with Crippen LogP contribution in [0.5, 0.6) is 0 Å². The summed E-state index contributed by atoms with van der Waals surface area (Å²) in [6.07, 6.45) is 1.75. The largest absolute Gasteiger partial charge is 0.317 e. The molecule has 0 spiro atoms. The predicted octanol–water partition coefficient (Wildman–Crippen LogP) is 2.93. The molecule has 3 nitrogen and oxygen atoms in total. The van der Waals surface area contributed by atoms with Gasteiger partial charge in [-0.15, -0.1) is 21.5 Å². The van der Waals surface area contributed by atoms with Gasteiger partial charge in [0, 0.05) is 24.4 Å². The summed E-state index contributed by atoms with van der Waals surface area (Å²) in [7, 11) is 0. The van der Waals surface area contributed by atoms with Crippen molar-refractivity contribution in [1.29, 1.82) is 0 Å². The summed E-state index contributed by atoms with van der Waals surface area (Å²) >= 11 is 7.64. The van der Waals surface area contributed by atoms with Gasteiger partial charge in [-0.3, -0.25) is 0 Å². The lowest BCUT2D eigenvalue weighted by molar-refractivity contribution is 0.710. The van der Waals surface area contributed by atoms with Crippen molar-refractivity contribution in [1.82, 2.24) is 15.5 Å². The molecule has 0 aliphatic carbocycles. The maximum Gasteiger partial charge on any atom is 0.121 e. The van der Waals surface area contributed by atoms with Gasteiger partial charge >= 0.3 is 0 Å². The van der Waals surface area contributed by atoms with Crippen LogP contribution in [0.1, 0.15) is 22.5 Å². The Morgan fingerprint density at radius 1 is 1.28 bits per heavy atom. The first-order chi connectivity index (χ1) is 8.78. The summed E-state index contributed by atoms with van der Waals surface area (Å²) in [4.78, 5) is 0. The highest BCUT2D eigenvalue weighted by Crippen LogP contribution is 2.17. The zero-order valence-electron chi connectivity index (χ0n) is 10.3. The van der Waals surface area contributed by atoms with E-state index in [0.29, 0.717) is 0 Å². The number of nitrogens with one attached hydrogen (secondary N) is 1. The molecule has 2 rings (SSSR count). The van der Waals surface area contributed by atoms with E-state index < -0.39 is 0 Å². The molecule has 0 unspecified atom stereocenters. The number of benzene rings is 1. The first kappa shape index (κ1) is 13.5. The number of nitrogens with zero attached hydrogens (tertiary/aromatic N) is 2. The summed E-state index contributed by atoms with van der Waals surface area (Å²) in [6.45, 7) is 4.06. The van der Waals surface area contributed by atoms with E-state index in [2.05, 4.69) is 28.5 Å². The maximum absolute atomic E-state index is 5.96. The van der Waals surface area contributed by atoms with Gasteiger partial charge in [-0.05, 0) is 24.2 Å². The fraction of sp³-hybridized carbons (Fsp3) is 0.385. The monoisotopic (exact) mass is 281 g/mol. The van der Waals surface area contributed by atoms with E-state index in [9.17, 15) is 0 Å². The molecule has 0 atom stereocenters. The molecule has 5 heteroatoms. The molecule has 18 heavy (non-hydrogen) atoms. The van der Waals surface area contributed by atoms with Crippen LogP contribution in [0.3, 0.4) is 0 Å². The SMILES string of the molecule is CCNCCc1nnc(Cc2cccc(Cl)c2)s1. The Hall–Kier alpha value is -0.970. The lowest BCUT2D eigenvalue weighted by atomic mass is 10.2. The van der Waals surface area contributed by atoms with Crippen molar-refractivity contribution in [3.8, 4) is 0 Å². The second-order valence-corrected chi connectivity index (χ2v) is 5.58. The van der Waals surface area contributed by atoms with E-state index >= 15 is 0 Å². The number of rotatable bonds is 6. The number of aromatic nitrogens is 2. The average molecular weight is 282 g/mol. The Labute approximate surface area is 116 Å². The minimum Gasteiger partial charge on any atom is -0.317 e. The number of halogens is 1. The molecule has 1 N–H and O–H groups in total. The summed E-state index contributed by atoms with van der Waals surface area (Å²) < 4.78 is 0. The molecule has 1 aromatic carbocycles. The summed E-state index contributed by atoms with van der Waals surface area (Å²) in [5, 5.41) is 14.6. The number of hydrogen-bond acceptors (Lipinski definition) is 4. The number of likely N-dealkylation sites (N-methyl/N-ethyl adjacent to an activating group) is 1. The molecule has 0 aliphatic rings.